The van der Waals surface area contributed by atoms with E-state index in [1.54, 1.807) is 24.3 Å². The Morgan fingerprint density at radius 3 is 1.77 bits per heavy atom. The number of carbonyl (C=O) groups is 2. The lowest BCUT2D eigenvalue weighted by Crippen LogP contribution is -2.30. The van der Waals surface area contributed by atoms with Crippen LogP contribution in [0.15, 0.2) is 36.4 Å². The minimum Gasteiger partial charge on any atom is -0.327 e. The van der Waals surface area contributed by atoms with E-state index in [-0.39, 0.29) is 11.8 Å². The topological polar surface area (TPSA) is 100 Å². The van der Waals surface area contributed by atoms with Crippen LogP contribution in [0.4, 0.5) is 11.4 Å². The highest BCUT2D eigenvalue weighted by Crippen LogP contribution is 2.40. The molecule has 0 fully saturated rings. The maximum absolute atomic E-state index is 13.3. The third kappa shape index (κ3) is 5.44. The number of anilines is 2. The van der Waals surface area contributed by atoms with E-state index in [1.165, 1.54) is 0 Å². The summed E-state index contributed by atoms with van der Waals surface area (Å²) in [5, 5.41) is 6.53. The van der Waals surface area contributed by atoms with Crippen molar-refractivity contribution in [3.05, 3.63) is 80.9 Å². The van der Waals surface area contributed by atoms with Crippen molar-refractivity contribution in [2.45, 2.75) is 32.9 Å². The molecule has 0 radical (unpaired) electrons. The van der Waals surface area contributed by atoms with E-state index < -0.39 is 0 Å². The van der Waals surface area contributed by atoms with Gasteiger partial charge in [0, 0.05) is 75.6 Å². The van der Waals surface area contributed by atoms with Gasteiger partial charge < -0.3 is 24.7 Å². The van der Waals surface area contributed by atoms with E-state index in [0.717, 1.165) is 61.8 Å². The van der Waals surface area contributed by atoms with Gasteiger partial charge in [0.15, 0.2) is 11.6 Å². The molecular weight excluding hydrogens is 587 g/mol. The predicted octanol–water partition coefficient (Wildman–Crippen LogP) is 5.00. The Labute approximate surface area is 260 Å². The molecule has 0 unspecified atom stereocenters. The van der Waals surface area contributed by atoms with Gasteiger partial charge in [-0.15, -0.1) is 0 Å². The first-order valence-electron chi connectivity index (χ1n) is 14.4. The number of hydrogen-bond acceptors (Lipinski definition) is 6. The molecule has 10 nitrogen and oxygen atoms in total. The van der Waals surface area contributed by atoms with Gasteiger partial charge in [0.1, 0.15) is 0 Å². The fraction of sp³-hybridized carbons (Fsp3) is 0.355. The van der Waals surface area contributed by atoms with Crippen LogP contribution >= 0.6 is 23.2 Å². The SMILES string of the molecule is CCN1CCc2c(nc(C(=O)Nc3cccc(-c4cccc(NC(=O)c5nc6c(n5C)CCN(C)C6)c4Cl)c3Cl)n2C)C1. The summed E-state index contributed by atoms with van der Waals surface area (Å²) in [7, 11) is 5.78. The van der Waals surface area contributed by atoms with Gasteiger partial charge in [0.05, 0.1) is 32.8 Å². The van der Waals surface area contributed by atoms with Crippen LogP contribution in [0.25, 0.3) is 11.1 Å². The molecule has 4 heterocycles. The van der Waals surface area contributed by atoms with Crippen LogP contribution < -0.4 is 10.6 Å². The first-order chi connectivity index (χ1) is 20.7. The molecule has 0 bridgehead atoms. The molecule has 0 spiro atoms. The Kier molecular flexibility index (Phi) is 8.04. The summed E-state index contributed by atoms with van der Waals surface area (Å²) in [6.07, 6.45) is 1.69. The quantitative estimate of drug-likeness (QED) is 0.315. The minimum atomic E-state index is -0.342. The van der Waals surface area contributed by atoms with E-state index in [0.29, 0.717) is 50.7 Å². The maximum Gasteiger partial charge on any atom is 0.291 e. The van der Waals surface area contributed by atoms with E-state index in [1.807, 2.05) is 42.4 Å². The van der Waals surface area contributed by atoms with E-state index >= 15 is 0 Å². The summed E-state index contributed by atoms with van der Waals surface area (Å²) in [4.78, 5) is 40.4. The van der Waals surface area contributed by atoms with E-state index in [9.17, 15) is 9.59 Å². The number of nitrogens with zero attached hydrogens (tertiary/aromatic N) is 6. The molecular formula is C31H34Cl2N8O2. The number of likely N-dealkylation sites (N-methyl/N-ethyl adjacent to an activating group) is 2. The zero-order valence-corrected chi connectivity index (χ0v) is 26.2. The Hall–Kier alpha value is -3.70. The number of aromatic nitrogens is 4. The van der Waals surface area contributed by atoms with Gasteiger partial charge in [0.2, 0.25) is 0 Å². The van der Waals surface area contributed by atoms with Crippen molar-refractivity contribution in [1.29, 1.82) is 0 Å². The van der Waals surface area contributed by atoms with Crippen molar-refractivity contribution in [3.8, 4) is 11.1 Å². The maximum atomic E-state index is 13.3. The van der Waals surface area contributed by atoms with Gasteiger partial charge >= 0.3 is 0 Å². The second-order valence-electron chi connectivity index (χ2n) is 11.1. The molecule has 6 rings (SSSR count). The molecule has 2 aromatic carbocycles. The van der Waals surface area contributed by atoms with Crippen LogP contribution in [0.3, 0.4) is 0 Å². The zero-order chi connectivity index (χ0) is 30.4. The highest BCUT2D eigenvalue weighted by atomic mass is 35.5. The van der Waals surface area contributed by atoms with Crippen molar-refractivity contribution in [2.24, 2.45) is 14.1 Å². The predicted molar refractivity (Wildman–Crippen MR) is 169 cm³/mol. The molecule has 2 aliphatic rings. The minimum absolute atomic E-state index is 0.331. The number of hydrogen-bond donors (Lipinski definition) is 2. The second-order valence-corrected chi connectivity index (χ2v) is 11.9. The van der Waals surface area contributed by atoms with Crippen LogP contribution in [-0.2, 0) is 40.0 Å². The summed E-state index contributed by atoms with van der Waals surface area (Å²) >= 11 is 13.7. The summed E-state index contributed by atoms with van der Waals surface area (Å²) in [6, 6.07) is 10.7. The van der Waals surface area contributed by atoms with Gasteiger partial charge in [-0.1, -0.05) is 54.4 Å². The molecule has 0 saturated heterocycles. The van der Waals surface area contributed by atoms with Crippen molar-refractivity contribution >= 4 is 46.4 Å². The summed E-state index contributed by atoms with van der Waals surface area (Å²) in [5.41, 5.74) is 6.12. The van der Waals surface area contributed by atoms with Crippen LogP contribution in [0.5, 0.6) is 0 Å². The van der Waals surface area contributed by atoms with Crippen molar-refractivity contribution in [3.63, 3.8) is 0 Å². The number of fused-ring (bicyclic) bond motifs is 2. The van der Waals surface area contributed by atoms with Crippen LogP contribution in [0, 0.1) is 0 Å². The Morgan fingerprint density at radius 1 is 0.767 bits per heavy atom. The number of amides is 2. The fourth-order valence-electron chi connectivity index (χ4n) is 5.95. The fourth-order valence-corrected chi connectivity index (χ4v) is 6.50. The Bertz CT molecular complexity index is 1740. The smallest absolute Gasteiger partial charge is 0.291 e. The van der Waals surface area contributed by atoms with Crippen molar-refractivity contribution in [1.82, 2.24) is 28.9 Å². The molecule has 2 amide bonds. The summed E-state index contributed by atoms with van der Waals surface area (Å²) in [6.45, 7) is 6.36. The molecule has 224 valence electrons. The highest BCUT2D eigenvalue weighted by molar-refractivity contribution is 6.40. The standard InChI is InChI=1S/C31H34Cl2N8O2/c1-5-41-15-13-25-23(17-41)35-29(40(25)4)31(43)37-21-11-7-9-19(27(21)33)18-8-6-10-20(26(18)32)36-30(42)28-34-22-16-38(2)14-12-24(22)39(28)3/h6-11H,5,12-17H2,1-4H3,(H,36,42)(H,37,43). The molecule has 0 aliphatic carbocycles. The van der Waals surface area contributed by atoms with E-state index in [2.05, 4.69) is 37.3 Å². The van der Waals surface area contributed by atoms with Gasteiger partial charge in [-0.3, -0.25) is 14.5 Å². The molecule has 43 heavy (non-hydrogen) atoms. The average molecular weight is 622 g/mol. The van der Waals surface area contributed by atoms with Crippen LogP contribution in [-0.4, -0.2) is 67.4 Å². The monoisotopic (exact) mass is 620 g/mol. The number of carbonyl (C=O) groups excluding carboxylic acids is 2. The molecule has 2 aromatic heterocycles. The third-order valence-electron chi connectivity index (χ3n) is 8.42. The number of rotatable bonds is 6. The Morgan fingerprint density at radius 2 is 1.26 bits per heavy atom. The van der Waals surface area contributed by atoms with Gasteiger partial charge in [-0.25, -0.2) is 9.97 Å². The van der Waals surface area contributed by atoms with Crippen molar-refractivity contribution < 1.29 is 9.59 Å². The highest BCUT2D eigenvalue weighted by Gasteiger charge is 2.27. The molecule has 0 saturated carbocycles. The third-order valence-corrected chi connectivity index (χ3v) is 9.23. The molecule has 2 aliphatic heterocycles. The summed E-state index contributed by atoms with van der Waals surface area (Å²) < 4.78 is 3.73. The van der Waals surface area contributed by atoms with Gasteiger partial charge in [0.25, 0.3) is 11.8 Å². The Balaban J connectivity index is 1.24. The lowest BCUT2D eigenvalue weighted by atomic mass is 10.0. The number of imidazole rings is 2. The van der Waals surface area contributed by atoms with Crippen molar-refractivity contribution in [2.75, 3.05) is 37.3 Å². The molecule has 4 aromatic rings. The lowest BCUT2D eigenvalue weighted by molar-refractivity contribution is 0.100. The second kappa shape index (κ2) is 11.8. The lowest BCUT2D eigenvalue weighted by Gasteiger charge is -2.24. The molecule has 0 atom stereocenters. The van der Waals surface area contributed by atoms with Gasteiger partial charge in [-0.2, -0.15) is 0 Å². The largest absolute Gasteiger partial charge is 0.327 e. The number of halogens is 2. The van der Waals surface area contributed by atoms with Crippen LogP contribution in [0.1, 0.15) is 50.9 Å². The zero-order valence-electron chi connectivity index (χ0n) is 24.7. The molecule has 2 N–H and O–H groups in total. The first kappa shape index (κ1) is 29.4. The first-order valence-corrected chi connectivity index (χ1v) is 15.1. The number of nitrogens with one attached hydrogen (secondary N) is 2. The van der Waals surface area contributed by atoms with E-state index in [4.69, 9.17) is 23.2 Å². The number of benzene rings is 2. The normalized spacial score (nSPS) is 15.2. The summed E-state index contributed by atoms with van der Waals surface area (Å²) in [5.74, 6) is -0.00161. The average Bonchev–Trinajstić information content (AvgIpc) is 3.50. The van der Waals surface area contributed by atoms with Gasteiger partial charge in [-0.05, 0) is 25.7 Å². The van der Waals surface area contributed by atoms with Crippen LogP contribution in [0.2, 0.25) is 10.0 Å². The molecule has 12 heteroatoms.